The summed E-state index contributed by atoms with van der Waals surface area (Å²) in [4.78, 5) is 11.4. The molecule has 0 N–H and O–H groups in total. The second-order valence-electron chi connectivity index (χ2n) is 10.3. The van der Waals surface area contributed by atoms with Crippen LogP contribution in [0.3, 0.4) is 0 Å². The van der Waals surface area contributed by atoms with Crippen LogP contribution in [0.15, 0.2) is 71.3 Å². The van der Waals surface area contributed by atoms with Crippen molar-refractivity contribution in [1.82, 2.24) is 0 Å². The lowest BCUT2D eigenvalue weighted by Crippen LogP contribution is -2.27. The number of nitrogens with zero attached hydrogens (tertiary/aromatic N) is 4. The summed E-state index contributed by atoms with van der Waals surface area (Å²) in [7, 11) is 0. The van der Waals surface area contributed by atoms with Gasteiger partial charge in [-0.25, -0.2) is 15.0 Å². The first-order chi connectivity index (χ1) is 21.6. The van der Waals surface area contributed by atoms with Gasteiger partial charge in [-0.2, -0.15) is 25.3 Å². The number of nitriles is 1. The summed E-state index contributed by atoms with van der Waals surface area (Å²) < 4.78 is 6.26. The Bertz CT molecular complexity index is 1830. The normalized spacial score (nSPS) is 17.3. The lowest BCUT2D eigenvalue weighted by atomic mass is 9.87. The van der Waals surface area contributed by atoms with E-state index < -0.39 is 5.60 Å². The third-order valence-electron chi connectivity index (χ3n) is 7.65. The maximum absolute atomic E-state index is 9.60. The highest BCUT2D eigenvalue weighted by atomic mass is 35.5. The molecule has 0 spiro atoms. The molecule has 10 heteroatoms. The number of thiophene rings is 1. The number of allylic oxidation sites excluding steroid dienone is 1. The molecule has 0 bridgehead atoms. The van der Waals surface area contributed by atoms with Gasteiger partial charge in [-0.05, 0) is 79.4 Å². The van der Waals surface area contributed by atoms with E-state index in [-0.39, 0.29) is 17.2 Å². The topological polar surface area (TPSA) is 45.0 Å². The number of hydrogen-bond donors (Lipinski definition) is 2. The van der Waals surface area contributed by atoms with Crippen molar-refractivity contribution in [3.05, 3.63) is 136 Å². The molecular weight excluding hydrogens is 660 g/mol. The largest absolute Gasteiger partial charge is 0.500 e. The predicted octanol–water partition coefficient (Wildman–Crippen LogP) is 10.3. The van der Waals surface area contributed by atoms with Crippen LogP contribution in [0.5, 0.6) is 0 Å². The first-order valence-electron chi connectivity index (χ1n) is 13.9. The van der Waals surface area contributed by atoms with Crippen molar-refractivity contribution in [1.29, 1.82) is 5.26 Å². The van der Waals surface area contributed by atoms with Crippen LogP contribution in [0.25, 0.3) is 27.9 Å². The van der Waals surface area contributed by atoms with Crippen LogP contribution in [0.4, 0.5) is 5.69 Å². The maximum atomic E-state index is 9.60. The molecule has 2 aromatic carbocycles. The van der Waals surface area contributed by atoms with Gasteiger partial charge in [0.25, 0.3) is 5.70 Å². The minimum atomic E-state index is -1.18. The molecule has 3 aromatic rings. The van der Waals surface area contributed by atoms with Gasteiger partial charge in [-0.15, -0.1) is 11.3 Å². The Kier molecular flexibility index (Phi) is 11.6. The van der Waals surface area contributed by atoms with E-state index in [2.05, 4.69) is 90.1 Å². The second kappa shape index (κ2) is 15.2. The summed E-state index contributed by atoms with van der Waals surface area (Å²) in [5.41, 5.74) is 4.34. The zero-order chi connectivity index (χ0) is 32.7. The maximum Gasteiger partial charge on any atom is 0.292 e. The van der Waals surface area contributed by atoms with E-state index in [1.54, 1.807) is 36.5 Å². The number of hydrogen-bond acceptors (Lipinski definition) is 6. The van der Waals surface area contributed by atoms with E-state index in [9.17, 15) is 5.26 Å². The molecule has 45 heavy (non-hydrogen) atoms. The number of benzene rings is 2. The average molecular weight is 690 g/mol. The van der Waals surface area contributed by atoms with Gasteiger partial charge < -0.3 is 9.64 Å². The van der Waals surface area contributed by atoms with Gasteiger partial charge in [-0.3, -0.25) is 0 Å². The van der Waals surface area contributed by atoms with Gasteiger partial charge in [-0.1, -0.05) is 53.6 Å². The van der Waals surface area contributed by atoms with Crippen LogP contribution >= 0.6 is 59.8 Å². The highest BCUT2D eigenvalue weighted by molar-refractivity contribution is 7.80. The molecule has 1 aliphatic rings. The van der Waals surface area contributed by atoms with Gasteiger partial charge in [0.15, 0.2) is 0 Å². The fourth-order valence-corrected chi connectivity index (χ4v) is 6.90. The molecule has 5 nitrogen and oxygen atoms in total. The predicted molar refractivity (Wildman–Crippen MR) is 196 cm³/mol. The van der Waals surface area contributed by atoms with E-state index in [1.165, 1.54) is 0 Å². The minimum absolute atomic E-state index is 0.0381. The molecule has 1 aliphatic heterocycles. The molecule has 0 fully saturated rings. The summed E-state index contributed by atoms with van der Waals surface area (Å²) in [6.45, 7) is 23.1. The number of halogens is 2. The zero-order valence-electron chi connectivity index (χ0n) is 24.9. The number of rotatable bonds is 10. The third kappa shape index (κ3) is 7.31. The second-order valence-corrected chi connectivity index (χ2v) is 13.1. The first kappa shape index (κ1) is 34.3. The molecule has 0 saturated heterocycles. The first-order valence-corrected chi connectivity index (χ1v) is 16.8. The van der Waals surface area contributed by atoms with Gasteiger partial charge in [0.05, 0.1) is 29.3 Å². The molecular formula is C35H30Cl2N4OS3. The summed E-state index contributed by atoms with van der Waals surface area (Å²) in [5.74, 6) is 1.52. The molecule has 2 heterocycles. The summed E-state index contributed by atoms with van der Waals surface area (Å²) in [6, 6.07) is 15.4. The SMILES string of the molecule is [C-]#[N+]C1=C(/C=C/c2sc(/C=C/c3ccc(N(CCS)CCS)cc3)c(C)c2C)C(C)(c2ccc(Cl)c(Cl)c2)O/C1=C(\C#N)[N+]#[C-]. The molecule has 0 amide bonds. The van der Waals surface area contributed by atoms with Gasteiger partial charge in [0, 0.05) is 45.6 Å². The highest BCUT2D eigenvalue weighted by Gasteiger charge is 2.43. The van der Waals surface area contributed by atoms with Crippen molar-refractivity contribution in [2.75, 3.05) is 29.5 Å². The molecule has 4 rings (SSSR count). The summed E-state index contributed by atoms with van der Waals surface area (Å²) in [6.07, 6.45) is 8.03. The molecule has 1 atom stereocenters. The Balaban J connectivity index is 1.70. The van der Waals surface area contributed by atoms with Crippen molar-refractivity contribution < 1.29 is 4.74 Å². The third-order valence-corrected chi connectivity index (χ3v) is 10.1. The number of ether oxygens (including phenoxy) is 1. The standard InChI is InChI=1S/C35H30Cl2N4OS3/c1-22-23(2)32(45-31(22)14-8-24-6-10-26(11-7-24)41(16-18-43)17-19-44)15-12-27-33(40-5)34(30(21-38)39-4)42-35(27,3)25-9-13-28(36)29(37)20-25/h6-15,20,43-44H,16-19H2,1-3H3/b14-8+,15-12+,34-30+. The molecule has 1 aromatic heterocycles. The van der Waals surface area contributed by atoms with E-state index in [4.69, 9.17) is 41.1 Å². The van der Waals surface area contributed by atoms with Gasteiger partial charge in [0.2, 0.25) is 5.70 Å². The van der Waals surface area contributed by atoms with Crippen molar-refractivity contribution in [3.8, 4) is 6.07 Å². The van der Waals surface area contributed by atoms with E-state index in [0.29, 0.717) is 21.2 Å². The van der Waals surface area contributed by atoms with Crippen LogP contribution in [0.1, 0.15) is 38.9 Å². The number of thiol groups is 2. The fraction of sp³-hybridized carbons (Fsp3) is 0.229. The number of anilines is 1. The Morgan fingerprint density at radius 3 is 2.13 bits per heavy atom. The molecule has 228 valence electrons. The van der Waals surface area contributed by atoms with Crippen LogP contribution in [-0.4, -0.2) is 24.6 Å². The Morgan fingerprint density at radius 1 is 0.978 bits per heavy atom. The van der Waals surface area contributed by atoms with E-state index in [0.717, 1.165) is 56.7 Å². The van der Waals surface area contributed by atoms with Crippen molar-refractivity contribution in [3.63, 3.8) is 0 Å². The van der Waals surface area contributed by atoms with Crippen molar-refractivity contribution >= 4 is 83.7 Å². The molecule has 1 unspecified atom stereocenters. The monoisotopic (exact) mass is 688 g/mol. The van der Waals surface area contributed by atoms with Crippen molar-refractivity contribution in [2.24, 2.45) is 0 Å². The van der Waals surface area contributed by atoms with Crippen LogP contribution in [0.2, 0.25) is 10.0 Å². The van der Waals surface area contributed by atoms with Crippen LogP contribution in [-0.2, 0) is 10.3 Å². The summed E-state index contributed by atoms with van der Waals surface area (Å²) >= 11 is 22.9. The smallest absolute Gasteiger partial charge is 0.292 e. The van der Waals surface area contributed by atoms with Gasteiger partial charge in [0.1, 0.15) is 11.4 Å². The Hall–Kier alpha value is -3.55. The van der Waals surface area contributed by atoms with Crippen molar-refractivity contribution in [2.45, 2.75) is 26.4 Å². The zero-order valence-corrected chi connectivity index (χ0v) is 29.1. The average Bonchev–Trinajstić information content (AvgIpc) is 3.48. The van der Waals surface area contributed by atoms with E-state index >= 15 is 0 Å². The highest BCUT2D eigenvalue weighted by Crippen LogP contribution is 2.49. The Morgan fingerprint density at radius 2 is 1.60 bits per heavy atom. The summed E-state index contributed by atoms with van der Waals surface area (Å²) in [5, 5.41) is 10.3. The molecule has 0 aliphatic carbocycles. The molecule has 0 radical (unpaired) electrons. The van der Waals surface area contributed by atoms with Crippen LogP contribution in [0, 0.1) is 38.3 Å². The van der Waals surface area contributed by atoms with E-state index in [1.807, 2.05) is 18.2 Å². The minimum Gasteiger partial charge on any atom is -0.500 e. The Labute approximate surface area is 290 Å². The van der Waals surface area contributed by atoms with Gasteiger partial charge >= 0.3 is 0 Å². The lowest BCUT2D eigenvalue weighted by molar-refractivity contribution is 0.0753. The molecule has 0 saturated carbocycles. The fourth-order valence-electron chi connectivity index (χ4n) is 5.00. The lowest BCUT2D eigenvalue weighted by Gasteiger charge is -2.28. The quantitative estimate of drug-likeness (QED) is 0.127. The van der Waals surface area contributed by atoms with Crippen LogP contribution < -0.4 is 4.90 Å².